The summed E-state index contributed by atoms with van der Waals surface area (Å²) in [6, 6.07) is 16.1. The van der Waals surface area contributed by atoms with E-state index in [1.807, 2.05) is 31.2 Å². The Morgan fingerprint density at radius 3 is 2.14 bits per heavy atom. The quantitative estimate of drug-likeness (QED) is 0.370. The van der Waals surface area contributed by atoms with E-state index in [0.29, 0.717) is 25.8 Å². The Morgan fingerprint density at radius 2 is 1.57 bits per heavy atom. The van der Waals surface area contributed by atoms with Crippen LogP contribution in [-0.4, -0.2) is 42.3 Å². The third-order valence-electron chi connectivity index (χ3n) is 6.80. The number of rotatable bonds is 13. The molecule has 1 aliphatic carbocycles. The van der Waals surface area contributed by atoms with Crippen molar-refractivity contribution in [2.45, 2.75) is 64.3 Å². The van der Waals surface area contributed by atoms with Gasteiger partial charge in [-0.05, 0) is 47.4 Å². The van der Waals surface area contributed by atoms with Crippen LogP contribution in [-0.2, 0) is 14.3 Å². The zero-order valence-corrected chi connectivity index (χ0v) is 20.6. The number of nitrogens with one attached hydrogen (secondary N) is 2. The molecular weight excluding hydrogens is 444 g/mol. The van der Waals surface area contributed by atoms with Crippen molar-refractivity contribution < 1.29 is 24.2 Å². The van der Waals surface area contributed by atoms with Crippen LogP contribution >= 0.6 is 0 Å². The monoisotopic (exact) mass is 480 g/mol. The van der Waals surface area contributed by atoms with Crippen molar-refractivity contribution in [3.63, 3.8) is 0 Å². The summed E-state index contributed by atoms with van der Waals surface area (Å²) in [6.07, 6.45) is 2.77. The molecule has 0 bridgehead atoms. The van der Waals surface area contributed by atoms with Crippen LogP contribution in [0.1, 0.15) is 69.4 Å². The average molecular weight is 481 g/mol. The molecule has 0 heterocycles. The highest BCUT2D eigenvalue weighted by molar-refractivity contribution is 5.79. The third kappa shape index (κ3) is 7.31. The highest BCUT2D eigenvalue weighted by Gasteiger charge is 2.29. The number of amides is 2. The van der Waals surface area contributed by atoms with E-state index in [9.17, 15) is 14.4 Å². The number of hydrogen-bond donors (Lipinski definition) is 3. The van der Waals surface area contributed by atoms with Crippen molar-refractivity contribution in [3.8, 4) is 11.1 Å². The molecule has 2 amide bonds. The van der Waals surface area contributed by atoms with Crippen LogP contribution in [0.25, 0.3) is 11.1 Å². The van der Waals surface area contributed by atoms with Crippen molar-refractivity contribution >= 4 is 18.0 Å². The van der Waals surface area contributed by atoms with E-state index in [1.54, 1.807) is 0 Å². The molecule has 3 rings (SSSR count). The molecule has 188 valence electrons. The van der Waals surface area contributed by atoms with Crippen molar-refractivity contribution in [1.82, 2.24) is 10.6 Å². The normalized spacial score (nSPS) is 13.9. The SMILES string of the molecule is CCC(CCNC(=O)OCC1c2ccccc2-c2ccccc21)CCC(=O)N[C@H](CC)CC(=O)O. The Labute approximate surface area is 207 Å². The minimum atomic E-state index is -0.914. The molecule has 0 aliphatic heterocycles. The Balaban J connectivity index is 1.40. The fourth-order valence-electron chi connectivity index (χ4n) is 4.72. The highest BCUT2D eigenvalue weighted by atomic mass is 16.5. The van der Waals surface area contributed by atoms with E-state index < -0.39 is 12.1 Å². The molecule has 1 unspecified atom stereocenters. The number of carbonyl (C=O) groups is 3. The largest absolute Gasteiger partial charge is 0.481 e. The van der Waals surface area contributed by atoms with Gasteiger partial charge in [-0.2, -0.15) is 0 Å². The van der Waals surface area contributed by atoms with Gasteiger partial charge < -0.3 is 20.5 Å². The predicted molar refractivity (Wildman–Crippen MR) is 135 cm³/mol. The Kier molecular flexibility index (Phi) is 9.70. The molecule has 35 heavy (non-hydrogen) atoms. The molecular formula is C28H36N2O5. The van der Waals surface area contributed by atoms with Gasteiger partial charge in [-0.1, -0.05) is 68.8 Å². The standard InChI is InChI=1S/C28H36N2O5/c1-3-19(13-14-26(31)30-20(4-2)17-27(32)33)15-16-29-28(34)35-18-25-23-11-7-5-9-21(23)22-10-6-8-12-24(22)25/h5-12,19-20,25H,3-4,13-18H2,1-2H3,(H,29,34)(H,30,31)(H,32,33)/t19?,20-/m1/s1. The molecule has 7 nitrogen and oxygen atoms in total. The molecule has 0 fully saturated rings. The summed E-state index contributed by atoms with van der Waals surface area (Å²) in [6.45, 7) is 4.69. The van der Waals surface area contributed by atoms with E-state index in [2.05, 4.69) is 41.8 Å². The van der Waals surface area contributed by atoms with Crippen LogP contribution in [0.4, 0.5) is 4.79 Å². The molecule has 2 atom stereocenters. The number of benzene rings is 2. The maximum absolute atomic E-state index is 12.4. The molecule has 2 aromatic carbocycles. The van der Waals surface area contributed by atoms with Gasteiger partial charge in [0.15, 0.2) is 0 Å². The van der Waals surface area contributed by atoms with Gasteiger partial charge in [0.05, 0.1) is 6.42 Å². The lowest BCUT2D eigenvalue weighted by Crippen LogP contribution is -2.36. The molecule has 0 spiro atoms. The molecule has 7 heteroatoms. The Bertz CT molecular complexity index is 976. The number of carbonyl (C=O) groups excluding carboxylic acids is 2. The second-order valence-electron chi connectivity index (χ2n) is 9.12. The highest BCUT2D eigenvalue weighted by Crippen LogP contribution is 2.44. The lowest BCUT2D eigenvalue weighted by atomic mass is 9.96. The summed E-state index contributed by atoms with van der Waals surface area (Å²) in [7, 11) is 0. The Hall–Kier alpha value is -3.35. The number of alkyl carbamates (subject to hydrolysis) is 1. The maximum Gasteiger partial charge on any atom is 0.407 e. The molecule has 2 aromatic rings. The molecule has 0 radical (unpaired) electrons. The van der Waals surface area contributed by atoms with Crippen molar-refractivity contribution in [1.29, 1.82) is 0 Å². The van der Waals surface area contributed by atoms with Gasteiger partial charge in [0.1, 0.15) is 6.61 Å². The topological polar surface area (TPSA) is 105 Å². The van der Waals surface area contributed by atoms with E-state index >= 15 is 0 Å². The lowest BCUT2D eigenvalue weighted by Gasteiger charge is -2.18. The molecule has 0 saturated carbocycles. The van der Waals surface area contributed by atoms with Gasteiger partial charge in [-0.15, -0.1) is 0 Å². The van der Waals surface area contributed by atoms with Gasteiger partial charge in [0.2, 0.25) is 5.91 Å². The van der Waals surface area contributed by atoms with E-state index in [-0.39, 0.29) is 36.8 Å². The maximum atomic E-state index is 12.4. The summed E-state index contributed by atoms with van der Waals surface area (Å²) in [5.41, 5.74) is 4.75. The first-order valence-corrected chi connectivity index (χ1v) is 12.5. The smallest absolute Gasteiger partial charge is 0.407 e. The Morgan fingerprint density at radius 1 is 0.943 bits per heavy atom. The number of carboxylic acid groups (broad SMARTS) is 1. The summed E-state index contributed by atoms with van der Waals surface area (Å²) in [5, 5.41) is 14.6. The zero-order valence-electron chi connectivity index (χ0n) is 20.6. The minimum absolute atomic E-state index is 0.0307. The first-order chi connectivity index (χ1) is 16.9. The van der Waals surface area contributed by atoms with Crippen molar-refractivity contribution in [2.75, 3.05) is 13.2 Å². The van der Waals surface area contributed by atoms with Crippen LogP contribution in [0.2, 0.25) is 0 Å². The molecule has 0 aromatic heterocycles. The van der Waals surface area contributed by atoms with Crippen LogP contribution in [0.15, 0.2) is 48.5 Å². The van der Waals surface area contributed by atoms with Gasteiger partial charge in [-0.3, -0.25) is 9.59 Å². The second-order valence-corrected chi connectivity index (χ2v) is 9.12. The van der Waals surface area contributed by atoms with E-state index in [4.69, 9.17) is 9.84 Å². The van der Waals surface area contributed by atoms with Crippen molar-refractivity contribution in [3.05, 3.63) is 59.7 Å². The molecule has 0 saturated heterocycles. The first kappa shape index (κ1) is 26.3. The number of ether oxygens (including phenoxy) is 1. The van der Waals surface area contributed by atoms with E-state index in [1.165, 1.54) is 22.3 Å². The molecule has 1 aliphatic rings. The fraction of sp³-hybridized carbons (Fsp3) is 0.464. The van der Waals surface area contributed by atoms with Crippen LogP contribution in [0, 0.1) is 5.92 Å². The fourth-order valence-corrected chi connectivity index (χ4v) is 4.72. The van der Waals surface area contributed by atoms with Crippen LogP contribution in [0.5, 0.6) is 0 Å². The predicted octanol–water partition coefficient (Wildman–Crippen LogP) is 5.09. The summed E-state index contributed by atoms with van der Waals surface area (Å²) < 4.78 is 5.58. The van der Waals surface area contributed by atoms with Gasteiger partial charge in [-0.25, -0.2) is 4.79 Å². The zero-order chi connectivity index (χ0) is 25.2. The summed E-state index contributed by atoms with van der Waals surface area (Å²) in [5.74, 6) is -0.721. The third-order valence-corrected chi connectivity index (χ3v) is 6.80. The van der Waals surface area contributed by atoms with Gasteiger partial charge >= 0.3 is 12.1 Å². The van der Waals surface area contributed by atoms with E-state index in [0.717, 1.165) is 12.8 Å². The lowest BCUT2D eigenvalue weighted by molar-refractivity contribution is -0.137. The second kappa shape index (κ2) is 12.9. The van der Waals surface area contributed by atoms with Gasteiger partial charge in [0.25, 0.3) is 0 Å². The summed E-state index contributed by atoms with van der Waals surface area (Å²) >= 11 is 0. The van der Waals surface area contributed by atoms with Crippen LogP contribution < -0.4 is 10.6 Å². The first-order valence-electron chi connectivity index (χ1n) is 12.5. The average Bonchev–Trinajstić information content (AvgIpc) is 3.17. The van der Waals surface area contributed by atoms with Crippen LogP contribution in [0.3, 0.4) is 0 Å². The summed E-state index contributed by atoms with van der Waals surface area (Å²) in [4.78, 5) is 35.4. The minimum Gasteiger partial charge on any atom is -0.481 e. The number of fused-ring (bicyclic) bond motifs is 3. The number of carboxylic acids is 1. The van der Waals surface area contributed by atoms with Crippen molar-refractivity contribution in [2.24, 2.45) is 5.92 Å². The molecule has 3 N–H and O–H groups in total. The number of aliphatic carboxylic acids is 1. The number of hydrogen-bond acceptors (Lipinski definition) is 4. The van der Waals surface area contributed by atoms with Gasteiger partial charge in [0, 0.05) is 24.9 Å².